The second kappa shape index (κ2) is 4.61. The Morgan fingerprint density at radius 2 is 1.85 bits per heavy atom. The maximum absolute atomic E-state index is 13.0. The molecule has 0 aliphatic heterocycles. The van der Waals surface area contributed by atoms with Gasteiger partial charge in [-0.25, -0.2) is 9.18 Å². The number of nitrogens with two attached hydrogens (primary N) is 1. The molecule has 3 rings (SSSR count). The van der Waals surface area contributed by atoms with Crippen LogP contribution in [0.25, 0.3) is 16.6 Å². The van der Waals surface area contributed by atoms with Gasteiger partial charge >= 0.3 is 5.69 Å². The summed E-state index contributed by atoms with van der Waals surface area (Å²) >= 11 is 5.97. The van der Waals surface area contributed by atoms with Crippen LogP contribution in [0, 0.1) is 5.82 Å². The van der Waals surface area contributed by atoms with E-state index in [2.05, 4.69) is 4.98 Å². The van der Waals surface area contributed by atoms with Crippen molar-refractivity contribution < 1.29 is 4.39 Å². The van der Waals surface area contributed by atoms with Crippen molar-refractivity contribution in [3.63, 3.8) is 0 Å². The summed E-state index contributed by atoms with van der Waals surface area (Å²) in [6.07, 6.45) is 0. The number of nitrogens with zero attached hydrogens (tertiary/aromatic N) is 2. The summed E-state index contributed by atoms with van der Waals surface area (Å²) in [5.41, 5.74) is 6.24. The van der Waals surface area contributed by atoms with Crippen LogP contribution in [0.5, 0.6) is 0 Å². The SMILES string of the molecule is Nc1nc(=O)n(-c2ccc(F)cc2)c2cc(Cl)ccc12. The molecule has 0 radical (unpaired) electrons. The molecule has 0 amide bonds. The van der Waals surface area contributed by atoms with Gasteiger partial charge in [0.25, 0.3) is 0 Å². The van der Waals surface area contributed by atoms with Crippen LogP contribution in [-0.4, -0.2) is 9.55 Å². The maximum Gasteiger partial charge on any atom is 0.354 e. The van der Waals surface area contributed by atoms with Gasteiger partial charge in [-0.3, -0.25) is 4.57 Å². The monoisotopic (exact) mass is 289 g/mol. The Hall–Kier alpha value is -2.40. The van der Waals surface area contributed by atoms with E-state index in [4.69, 9.17) is 17.3 Å². The van der Waals surface area contributed by atoms with Gasteiger partial charge in [-0.1, -0.05) is 11.6 Å². The van der Waals surface area contributed by atoms with Crippen molar-refractivity contribution in [2.75, 3.05) is 5.73 Å². The number of rotatable bonds is 1. The van der Waals surface area contributed by atoms with E-state index in [0.29, 0.717) is 21.6 Å². The van der Waals surface area contributed by atoms with E-state index in [9.17, 15) is 9.18 Å². The van der Waals surface area contributed by atoms with E-state index < -0.39 is 5.69 Å². The average molecular weight is 290 g/mol. The predicted molar refractivity (Wildman–Crippen MR) is 76.7 cm³/mol. The fraction of sp³-hybridized carbons (Fsp3) is 0. The molecule has 100 valence electrons. The fourth-order valence-electron chi connectivity index (χ4n) is 2.06. The zero-order chi connectivity index (χ0) is 14.3. The highest BCUT2D eigenvalue weighted by Gasteiger charge is 2.10. The van der Waals surface area contributed by atoms with Crippen molar-refractivity contribution in [1.82, 2.24) is 9.55 Å². The van der Waals surface area contributed by atoms with Gasteiger partial charge in [-0.05, 0) is 42.5 Å². The number of hydrogen-bond donors (Lipinski definition) is 1. The first-order valence-corrected chi connectivity index (χ1v) is 6.18. The van der Waals surface area contributed by atoms with Crippen LogP contribution in [0.1, 0.15) is 0 Å². The van der Waals surface area contributed by atoms with E-state index in [1.807, 2.05) is 0 Å². The molecule has 0 aliphatic carbocycles. The average Bonchev–Trinajstić information content (AvgIpc) is 2.40. The Kier molecular flexibility index (Phi) is 2.91. The number of fused-ring (bicyclic) bond motifs is 1. The minimum absolute atomic E-state index is 0.139. The lowest BCUT2D eigenvalue weighted by Crippen LogP contribution is -2.23. The minimum atomic E-state index is -0.538. The van der Waals surface area contributed by atoms with E-state index in [-0.39, 0.29) is 11.6 Å². The molecule has 0 bridgehead atoms. The smallest absolute Gasteiger partial charge is 0.354 e. The van der Waals surface area contributed by atoms with Crippen LogP contribution in [-0.2, 0) is 0 Å². The highest BCUT2D eigenvalue weighted by molar-refractivity contribution is 6.31. The Bertz CT molecular complexity index is 859. The molecule has 20 heavy (non-hydrogen) atoms. The van der Waals surface area contributed by atoms with Crippen LogP contribution in [0.3, 0.4) is 0 Å². The molecule has 4 nitrogen and oxygen atoms in total. The number of halogens is 2. The molecule has 0 unspecified atom stereocenters. The number of anilines is 1. The van der Waals surface area contributed by atoms with Crippen molar-refractivity contribution in [1.29, 1.82) is 0 Å². The molecule has 1 aromatic heterocycles. The predicted octanol–water partition coefficient (Wildman–Crippen LogP) is 2.76. The Morgan fingerprint density at radius 1 is 1.15 bits per heavy atom. The molecule has 0 spiro atoms. The summed E-state index contributed by atoms with van der Waals surface area (Å²) in [6, 6.07) is 10.5. The molecule has 6 heteroatoms. The van der Waals surface area contributed by atoms with E-state index in [1.54, 1.807) is 18.2 Å². The van der Waals surface area contributed by atoms with Gasteiger partial charge in [0.05, 0.1) is 11.2 Å². The number of hydrogen-bond acceptors (Lipinski definition) is 3. The quantitative estimate of drug-likeness (QED) is 0.749. The summed E-state index contributed by atoms with van der Waals surface area (Å²) in [4.78, 5) is 15.9. The molecule has 0 saturated heterocycles. The lowest BCUT2D eigenvalue weighted by atomic mass is 10.2. The molecule has 0 saturated carbocycles. The van der Waals surface area contributed by atoms with Crippen LogP contribution in [0.2, 0.25) is 5.02 Å². The fourth-order valence-corrected chi connectivity index (χ4v) is 2.23. The number of nitrogen functional groups attached to an aromatic ring is 1. The molecule has 0 aliphatic rings. The first-order valence-electron chi connectivity index (χ1n) is 5.80. The minimum Gasteiger partial charge on any atom is -0.383 e. The zero-order valence-corrected chi connectivity index (χ0v) is 10.9. The third-order valence-corrected chi connectivity index (χ3v) is 3.20. The second-order valence-electron chi connectivity index (χ2n) is 4.25. The molecule has 0 atom stereocenters. The highest BCUT2D eigenvalue weighted by Crippen LogP contribution is 2.23. The second-order valence-corrected chi connectivity index (χ2v) is 4.69. The topological polar surface area (TPSA) is 60.9 Å². The van der Waals surface area contributed by atoms with E-state index >= 15 is 0 Å². The molecular weight excluding hydrogens is 281 g/mol. The largest absolute Gasteiger partial charge is 0.383 e. The summed E-state index contributed by atoms with van der Waals surface area (Å²) in [5.74, 6) is -0.243. The Balaban J connectivity index is 2.42. The summed E-state index contributed by atoms with van der Waals surface area (Å²) in [7, 11) is 0. The number of aromatic nitrogens is 2. The normalized spacial score (nSPS) is 10.9. The molecule has 3 aromatic rings. The van der Waals surface area contributed by atoms with Gasteiger partial charge in [-0.2, -0.15) is 4.98 Å². The molecule has 0 fully saturated rings. The van der Waals surface area contributed by atoms with Crippen LogP contribution in [0.15, 0.2) is 47.3 Å². The van der Waals surface area contributed by atoms with Crippen molar-refractivity contribution in [2.24, 2.45) is 0 Å². The van der Waals surface area contributed by atoms with Crippen LogP contribution >= 0.6 is 11.6 Å². The van der Waals surface area contributed by atoms with Gasteiger partial charge in [0.2, 0.25) is 0 Å². The van der Waals surface area contributed by atoms with Crippen molar-refractivity contribution in [3.8, 4) is 5.69 Å². The number of benzene rings is 2. The summed E-state index contributed by atoms with van der Waals surface area (Å²) in [6.45, 7) is 0. The Labute approximate surface area is 118 Å². The third kappa shape index (κ3) is 2.02. The van der Waals surface area contributed by atoms with Gasteiger partial charge in [0, 0.05) is 10.4 Å². The highest BCUT2D eigenvalue weighted by atomic mass is 35.5. The summed E-state index contributed by atoms with van der Waals surface area (Å²) in [5, 5.41) is 1.08. The van der Waals surface area contributed by atoms with Gasteiger partial charge in [0.15, 0.2) is 0 Å². The van der Waals surface area contributed by atoms with Gasteiger partial charge in [-0.15, -0.1) is 0 Å². The first-order chi connectivity index (χ1) is 9.56. The van der Waals surface area contributed by atoms with E-state index in [0.717, 1.165) is 0 Å². The summed E-state index contributed by atoms with van der Waals surface area (Å²) < 4.78 is 14.3. The van der Waals surface area contributed by atoms with Crippen molar-refractivity contribution in [2.45, 2.75) is 0 Å². The molecule has 1 heterocycles. The lowest BCUT2D eigenvalue weighted by molar-refractivity contribution is 0.627. The standard InChI is InChI=1S/C14H9ClFN3O/c15-8-1-6-11-12(7-8)19(14(20)18-13(11)17)10-4-2-9(16)3-5-10/h1-7H,(H2,17,18,20). The molecule has 2 aromatic carbocycles. The molecule has 2 N–H and O–H groups in total. The van der Waals surface area contributed by atoms with E-state index in [1.165, 1.54) is 28.8 Å². The lowest BCUT2D eigenvalue weighted by Gasteiger charge is -2.11. The maximum atomic E-state index is 13.0. The van der Waals surface area contributed by atoms with Crippen LogP contribution in [0.4, 0.5) is 10.2 Å². The first kappa shape index (κ1) is 12.6. The van der Waals surface area contributed by atoms with Gasteiger partial charge in [0.1, 0.15) is 11.6 Å². The van der Waals surface area contributed by atoms with Crippen molar-refractivity contribution >= 4 is 28.3 Å². The van der Waals surface area contributed by atoms with Gasteiger partial charge < -0.3 is 5.73 Å². The third-order valence-electron chi connectivity index (χ3n) is 2.97. The van der Waals surface area contributed by atoms with Crippen LogP contribution < -0.4 is 11.4 Å². The van der Waals surface area contributed by atoms with Crippen molar-refractivity contribution in [3.05, 3.63) is 63.8 Å². The Morgan fingerprint density at radius 3 is 2.55 bits per heavy atom. The zero-order valence-electron chi connectivity index (χ0n) is 10.2. The molecular formula is C14H9ClFN3O.